The van der Waals surface area contributed by atoms with E-state index < -0.39 is 29.3 Å². The van der Waals surface area contributed by atoms with E-state index in [1.54, 1.807) is 13.8 Å². The van der Waals surface area contributed by atoms with Crippen LogP contribution in [0.15, 0.2) is 24.3 Å². The zero-order valence-corrected chi connectivity index (χ0v) is 12.2. The normalized spacial score (nSPS) is 12.8. The third-order valence-electron chi connectivity index (χ3n) is 3.67. The van der Waals surface area contributed by atoms with Crippen LogP contribution in [0.5, 0.6) is 0 Å². The topological polar surface area (TPSA) is 92.4 Å². The molecule has 21 heavy (non-hydrogen) atoms. The summed E-state index contributed by atoms with van der Waals surface area (Å²) in [6.45, 7) is 3.50. The van der Waals surface area contributed by atoms with Crippen molar-refractivity contribution in [3.63, 3.8) is 0 Å². The van der Waals surface area contributed by atoms with Crippen molar-refractivity contribution in [1.82, 2.24) is 5.32 Å². The molecule has 0 aromatic heterocycles. The van der Waals surface area contributed by atoms with E-state index in [2.05, 4.69) is 5.32 Å². The maximum absolute atomic E-state index is 13.1. The first kappa shape index (κ1) is 17.1. The van der Waals surface area contributed by atoms with E-state index in [0.717, 1.165) is 0 Å². The van der Waals surface area contributed by atoms with Crippen molar-refractivity contribution in [3.05, 3.63) is 35.6 Å². The van der Waals surface area contributed by atoms with Crippen LogP contribution in [0.3, 0.4) is 0 Å². The molecule has 0 saturated heterocycles. The molecule has 0 spiro atoms. The number of carbonyl (C=O) groups is 2. The Bertz CT molecular complexity index is 515. The number of aliphatic hydroxyl groups excluding tert-OH is 1. The molecule has 0 aliphatic heterocycles. The molecule has 5 nitrogen and oxygen atoms in total. The maximum Gasteiger partial charge on any atom is 0.243 e. The van der Waals surface area contributed by atoms with Crippen LogP contribution in [0.25, 0.3) is 0 Å². The van der Waals surface area contributed by atoms with E-state index >= 15 is 0 Å². The predicted molar refractivity (Wildman–Crippen MR) is 76.6 cm³/mol. The fourth-order valence-electron chi connectivity index (χ4n) is 2.16. The van der Waals surface area contributed by atoms with Gasteiger partial charge in [-0.05, 0) is 30.5 Å². The highest BCUT2D eigenvalue weighted by Crippen LogP contribution is 2.19. The van der Waals surface area contributed by atoms with Gasteiger partial charge >= 0.3 is 0 Å². The summed E-state index contributed by atoms with van der Waals surface area (Å²) in [7, 11) is 0. The Labute approximate surface area is 123 Å². The lowest BCUT2D eigenvalue weighted by Crippen LogP contribution is -2.56. The van der Waals surface area contributed by atoms with Crippen molar-refractivity contribution in [2.75, 3.05) is 0 Å². The monoisotopic (exact) mass is 296 g/mol. The SMILES string of the molecule is CCC(CC)(NC(=O)CC(O)c1cccc(F)c1)C(N)=O. The van der Waals surface area contributed by atoms with Crippen LogP contribution in [-0.4, -0.2) is 22.5 Å². The molecule has 0 bridgehead atoms. The van der Waals surface area contributed by atoms with Crippen molar-refractivity contribution in [2.24, 2.45) is 5.73 Å². The minimum Gasteiger partial charge on any atom is -0.388 e. The quantitative estimate of drug-likeness (QED) is 0.710. The molecule has 116 valence electrons. The van der Waals surface area contributed by atoms with Crippen LogP contribution in [0.1, 0.15) is 44.8 Å². The molecule has 1 aromatic carbocycles. The fraction of sp³-hybridized carbons (Fsp3) is 0.467. The molecular formula is C15H21FN2O3. The molecule has 0 fully saturated rings. The van der Waals surface area contributed by atoms with Gasteiger partial charge in [0.25, 0.3) is 0 Å². The van der Waals surface area contributed by atoms with Crippen molar-refractivity contribution >= 4 is 11.8 Å². The summed E-state index contributed by atoms with van der Waals surface area (Å²) in [4.78, 5) is 23.5. The first-order valence-electron chi connectivity index (χ1n) is 6.89. The Balaban J connectivity index is 2.75. The highest BCUT2D eigenvalue weighted by atomic mass is 19.1. The zero-order chi connectivity index (χ0) is 16.0. The van der Waals surface area contributed by atoms with Gasteiger partial charge in [-0.15, -0.1) is 0 Å². The van der Waals surface area contributed by atoms with Gasteiger partial charge in [-0.25, -0.2) is 4.39 Å². The Kier molecular flexibility index (Phi) is 5.84. The van der Waals surface area contributed by atoms with Gasteiger partial charge in [0.05, 0.1) is 12.5 Å². The number of hydrogen-bond donors (Lipinski definition) is 3. The minimum absolute atomic E-state index is 0.265. The van der Waals surface area contributed by atoms with Gasteiger partial charge in [0.15, 0.2) is 0 Å². The maximum atomic E-state index is 13.1. The van der Waals surface area contributed by atoms with Gasteiger partial charge in [-0.2, -0.15) is 0 Å². The second kappa shape index (κ2) is 7.17. The molecule has 0 saturated carbocycles. The predicted octanol–water partition coefficient (Wildman–Crippen LogP) is 1.41. The van der Waals surface area contributed by atoms with E-state index in [1.807, 2.05) is 0 Å². The van der Waals surface area contributed by atoms with E-state index in [9.17, 15) is 19.1 Å². The highest BCUT2D eigenvalue weighted by molar-refractivity contribution is 5.90. The summed E-state index contributed by atoms with van der Waals surface area (Å²) < 4.78 is 13.1. The first-order chi connectivity index (χ1) is 9.84. The summed E-state index contributed by atoms with van der Waals surface area (Å²) >= 11 is 0. The average Bonchev–Trinajstić information content (AvgIpc) is 2.44. The van der Waals surface area contributed by atoms with E-state index in [4.69, 9.17) is 5.73 Å². The number of halogens is 1. The Morgan fingerprint density at radius 3 is 2.48 bits per heavy atom. The summed E-state index contributed by atoms with van der Waals surface area (Å²) in [5.74, 6) is -1.60. The number of rotatable bonds is 7. The second-order valence-corrected chi connectivity index (χ2v) is 4.98. The van der Waals surface area contributed by atoms with Crippen LogP contribution in [0.4, 0.5) is 4.39 Å². The summed E-state index contributed by atoms with van der Waals surface area (Å²) in [5, 5.41) is 12.5. The first-order valence-corrected chi connectivity index (χ1v) is 6.89. The van der Waals surface area contributed by atoms with Crippen molar-refractivity contribution < 1.29 is 19.1 Å². The Hall–Kier alpha value is -1.95. The third kappa shape index (κ3) is 4.26. The van der Waals surface area contributed by atoms with Crippen molar-refractivity contribution in [1.29, 1.82) is 0 Å². The lowest BCUT2D eigenvalue weighted by atomic mass is 9.91. The molecule has 1 aromatic rings. The lowest BCUT2D eigenvalue weighted by molar-refractivity contribution is -0.133. The molecule has 0 aliphatic rings. The van der Waals surface area contributed by atoms with E-state index in [-0.39, 0.29) is 6.42 Å². The smallest absolute Gasteiger partial charge is 0.243 e. The largest absolute Gasteiger partial charge is 0.388 e. The highest BCUT2D eigenvalue weighted by Gasteiger charge is 2.34. The number of primary amides is 1. The number of nitrogens with one attached hydrogen (secondary N) is 1. The molecule has 1 rings (SSSR count). The van der Waals surface area contributed by atoms with Crippen LogP contribution in [0, 0.1) is 5.82 Å². The van der Waals surface area contributed by atoms with Gasteiger partial charge in [0, 0.05) is 0 Å². The van der Waals surface area contributed by atoms with Gasteiger partial charge in [0.2, 0.25) is 11.8 Å². The summed E-state index contributed by atoms with van der Waals surface area (Å²) in [6, 6.07) is 5.40. The molecule has 0 radical (unpaired) electrons. The Morgan fingerprint density at radius 1 is 1.38 bits per heavy atom. The molecule has 2 amide bonds. The molecule has 1 atom stereocenters. The van der Waals surface area contributed by atoms with Gasteiger partial charge in [-0.1, -0.05) is 26.0 Å². The molecule has 4 N–H and O–H groups in total. The Morgan fingerprint density at radius 2 is 2.00 bits per heavy atom. The molecule has 0 heterocycles. The summed E-state index contributed by atoms with van der Waals surface area (Å²) in [6.07, 6.45) is -0.681. The lowest BCUT2D eigenvalue weighted by Gasteiger charge is -2.29. The molecular weight excluding hydrogens is 275 g/mol. The number of aliphatic hydroxyl groups is 1. The van der Waals surface area contributed by atoms with Crippen molar-refractivity contribution in [3.8, 4) is 0 Å². The number of nitrogens with two attached hydrogens (primary N) is 1. The summed E-state index contributed by atoms with van der Waals surface area (Å²) in [5.41, 5.74) is 4.53. The zero-order valence-electron chi connectivity index (χ0n) is 12.2. The van der Waals surface area contributed by atoms with E-state index in [0.29, 0.717) is 18.4 Å². The number of hydrogen-bond acceptors (Lipinski definition) is 3. The average molecular weight is 296 g/mol. The van der Waals surface area contributed by atoms with Crippen LogP contribution in [-0.2, 0) is 9.59 Å². The number of amides is 2. The third-order valence-corrected chi connectivity index (χ3v) is 3.67. The number of benzene rings is 1. The fourth-order valence-corrected chi connectivity index (χ4v) is 2.16. The van der Waals surface area contributed by atoms with Crippen LogP contribution in [0.2, 0.25) is 0 Å². The molecule has 6 heteroatoms. The molecule has 0 aliphatic carbocycles. The number of carbonyl (C=O) groups excluding carboxylic acids is 2. The second-order valence-electron chi connectivity index (χ2n) is 4.98. The van der Waals surface area contributed by atoms with Gasteiger partial charge in [0.1, 0.15) is 11.4 Å². The molecule has 1 unspecified atom stereocenters. The van der Waals surface area contributed by atoms with Crippen molar-refractivity contribution in [2.45, 2.75) is 44.8 Å². The van der Waals surface area contributed by atoms with Gasteiger partial charge < -0.3 is 16.2 Å². The minimum atomic E-state index is -1.14. The van der Waals surface area contributed by atoms with Crippen LogP contribution >= 0.6 is 0 Å². The standard InChI is InChI=1S/C15H21FN2O3/c1-3-15(4-2,14(17)21)18-13(20)9-12(19)10-6-5-7-11(16)8-10/h5-8,12,19H,3-4,9H2,1-2H3,(H2,17,21)(H,18,20). The van der Waals surface area contributed by atoms with Crippen LogP contribution < -0.4 is 11.1 Å². The van der Waals surface area contributed by atoms with Gasteiger partial charge in [-0.3, -0.25) is 9.59 Å². The van der Waals surface area contributed by atoms with E-state index in [1.165, 1.54) is 24.3 Å².